The molecule has 2 heterocycles. The molecule has 0 bridgehead atoms. The molecule has 1 fully saturated rings. The number of hydrogen-bond donors (Lipinski definition) is 2. The van der Waals surface area contributed by atoms with Gasteiger partial charge in [0.05, 0.1) is 30.9 Å². The topological polar surface area (TPSA) is 154 Å². The van der Waals surface area contributed by atoms with Crippen LogP contribution in [0.2, 0.25) is 0 Å². The molecule has 0 radical (unpaired) electrons. The Kier molecular flexibility index (Phi) is 10.3. The van der Waals surface area contributed by atoms with Crippen molar-refractivity contribution in [1.82, 2.24) is 10.2 Å². The number of carbonyl (C=O) groups excluding carboxylic acids is 5. The highest BCUT2D eigenvalue weighted by atomic mass is 16.5. The Labute approximate surface area is 197 Å². The van der Waals surface area contributed by atoms with Crippen molar-refractivity contribution >= 4 is 29.4 Å². The summed E-state index contributed by atoms with van der Waals surface area (Å²) in [7, 11) is 0. The third kappa shape index (κ3) is 6.46. The maximum absolute atomic E-state index is 13.0. The SMILES string of the molecule is C.NCCOCCOCCCC(=O)COc1cccc2c1C(=O)N(C1CCC(=O)NC1=O)C2=O. The zero-order chi connectivity index (χ0) is 23.8. The van der Waals surface area contributed by atoms with E-state index < -0.39 is 29.7 Å². The Balaban J connectivity index is 0.00000408. The number of nitrogens with one attached hydrogen (secondary N) is 1. The van der Waals surface area contributed by atoms with Crippen LogP contribution in [0.1, 0.15) is 53.8 Å². The molecule has 2 aliphatic rings. The number of fused-ring (bicyclic) bond motifs is 1. The maximum Gasteiger partial charge on any atom is 0.266 e. The lowest BCUT2D eigenvalue weighted by Gasteiger charge is -2.27. The summed E-state index contributed by atoms with van der Waals surface area (Å²) in [5.74, 6) is -2.53. The molecule has 34 heavy (non-hydrogen) atoms. The summed E-state index contributed by atoms with van der Waals surface area (Å²) in [4.78, 5) is 62.4. The Morgan fingerprint density at radius 2 is 1.79 bits per heavy atom. The summed E-state index contributed by atoms with van der Waals surface area (Å²) in [6.07, 6.45) is 0.832. The minimum Gasteiger partial charge on any atom is -0.485 e. The van der Waals surface area contributed by atoms with Crippen molar-refractivity contribution in [2.24, 2.45) is 5.73 Å². The van der Waals surface area contributed by atoms with Crippen LogP contribution >= 0.6 is 0 Å². The number of rotatable bonds is 13. The number of nitrogens with two attached hydrogens (primary N) is 1. The first-order valence-corrected chi connectivity index (χ1v) is 10.8. The highest BCUT2D eigenvalue weighted by Crippen LogP contribution is 2.33. The number of carbonyl (C=O) groups is 5. The van der Waals surface area contributed by atoms with Gasteiger partial charge in [-0.3, -0.25) is 34.2 Å². The van der Waals surface area contributed by atoms with E-state index in [-0.39, 0.29) is 56.0 Å². The van der Waals surface area contributed by atoms with E-state index in [9.17, 15) is 24.0 Å². The van der Waals surface area contributed by atoms with Crippen LogP contribution in [0.4, 0.5) is 0 Å². The summed E-state index contributed by atoms with van der Waals surface area (Å²) in [6, 6.07) is 3.43. The van der Waals surface area contributed by atoms with Gasteiger partial charge in [0.2, 0.25) is 11.8 Å². The Morgan fingerprint density at radius 3 is 2.50 bits per heavy atom. The van der Waals surface area contributed by atoms with Gasteiger partial charge in [-0.25, -0.2) is 0 Å². The number of Topliss-reactive ketones (excluding diaryl/α,β-unsaturated/α-hetero) is 1. The van der Waals surface area contributed by atoms with E-state index in [0.29, 0.717) is 39.4 Å². The first kappa shape index (κ1) is 27.1. The van der Waals surface area contributed by atoms with Crippen LogP contribution in [0.25, 0.3) is 0 Å². The second-order valence-electron chi connectivity index (χ2n) is 7.57. The zero-order valence-corrected chi connectivity index (χ0v) is 18.2. The fourth-order valence-corrected chi connectivity index (χ4v) is 3.61. The van der Waals surface area contributed by atoms with Gasteiger partial charge >= 0.3 is 0 Å². The second kappa shape index (κ2) is 12.9. The van der Waals surface area contributed by atoms with E-state index in [1.807, 2.05) is 0 Å². The van der Waals surface area contributed by atoms with Crippen LogP contribution in [0.15, 0.2) is 18.2 Å². The third-order valence-electron chi connectivity index (χ3n) is 5.20. The monoisotopic (exact) mass is 477 g/mol. The van der Waals surface area contributed by atoms with Crippen LogP contribution in [-0.2, 0) is 23.9 Å². The number of ketones is 1. The summed E-state index contributed by atoms with van der Waals surface area (Å²) >= 11 is 0. The van der Waals surface area contributed by atoms with Crippen molar-refractivity contribution in [1.29, 1.82) is 0 Å². The van der Waals surface area contributed by atoms with Crippen molar-refractivity contribution in [3.63, 3.8) is 0 Å². The Hall–Kier alpha value is -3.15. The van der Waals surface area contributed by atoms with Crippen LogP contribution in [-0.4, -0.2) is 79.9 Å². The number of imide groups is 2. The minimum absolute atomic E-state index is 0. The molecule has 3 N–H and O–H groups in total. The normalized spacial score (nSPS) is 17.3. The fourth-order valence-electron chi connectivity index (χ4n) is 3.61. The van der Waals surface area contributed by atoms with Crippen molar-refractivity contribution in [2.75, 3.05) is 39.6 Å². The largest absolute Gasteiger partial charge is 0.485 e. The van der Waals surface area contributed by atoms with Gasteiger partial charge in [0, 0.05) is 26.0 Å². The van der Waals surface area contributed by atoms with Crippen molar-refractivity contribution in [3.05, 3.63) is 29.3 Å². The van der Waals surface area contributed by atoms with E-state index in [2.05, 4.69) is 5.32 Å². The average molecular weight is 478 g/mol. The van der Waals surface area contributed by atoms with Crippen LogP contribution in [0.5, 0.6) is 5.75 Å². The van der Waals surface area contributed by atoms with Gasteiger partial charge in [0.15, 0.2) is 5.78 Å². The van der Waals surface area contributed by atoms with Crippen molar-refractivity contribution in [3.8, 4) is 5.75 Å². The van der Waals surface area contributed by atoms with E-state index in [0.717, 1.165) is 4.90 Å². The summed E-state index contributed by atoms with van der Waals surface area (Å²) in [5.41, 5.74) is 5.42. The van der Waals surface area contributed by atoms with Crippen LogP contribution < -0.4 is 15.8 Å². The highest BCUT2D eigenvalue weighted by molar-refractivity contribution is 6.24. The molecule has 1 aromatic carbocycles. The number of ether oxygens (including phenoxy) is 3. The minimum atomic E-state index is -1.06. The molecule has 1 unspecified atom stereocenters. The van der Waals surface area contributed by atoms with Crippen LogP contribution in [0.3, 0.4) is 0 Å². The molecule has 186 valence electrons. The molecule has 2 aliphatic heterocycles. The quantitative estimate of drug-likeness (QED) is 0.304. The lowest BCUT2D eigenvalue weighted by molar-refractivity contribution is -0.136. The zero-order valence-electron chi connectivity index (χ0n) is 18.2. The summed E-state index contributed by atoms with van der Waals surface area (Å²) < 4.78 is 16.1. The Bertz CT molecular complexity index is 933. The smallest absolute Gasteiger partial charge is 0.266 e. The van der Waals surface area contributed by atoms with Gasteiger partial charge in [0.1, 0.15) is 18.4 Å². The van der Waals surface area contributed by atoms with Gasteiger partial charge in [-0.15, -0.1) is 0 Å². The van der Waals surface area contributed by atoms with Gasteiger partial charge in [-0.2, -0.15) is 0 Å². The first-order valence-electron chi connectivity index (χ1n) is 10.8. The molecule has 0 aromatic heterocycles. The van der Waals surface area contributed by atoms with Gasteiger partial charge in [-0.1, -0.05) is 13.5 Å². The molecule has 1 aromatic rings. The molecule has 11 nitrogen and oxygen atoms in total. The fraction of sp³-hybridized carbons (Fsp3) is 0.522. The predicted molar refractivity (Wildman–Crippen MR) is 120 cm³/mol. The lowest BCUT2D eigenvalue weighted by atomic mass is 10.0. The Morgan fingerprint density at radius 1 is 1.06 bits per heavy atom. The lowest BCUT2D eigenvalue weighted by Crippen LogP contribution is -2.54. The summed E-state index contributed by atoms with van der Waals surface area (Å²) in [6.45, 7) is 1.91. The molecule has 0 saturated carbocycles. The molecule has 1 atom stereocenters. The molecule has 11 heteroatoms. The van der Waals surface area contributed by atoms with Crippen LogP contribution in [0, 0.1) is 0 Å². The van der Waals surface area contributed by atoms with E-state index in [1.165, 1.54) is 12.1 Å². The molecule has 3 rings (SSSR count). The van der Waals surface area contributed by atoms with Gasteiger partial charge in [-0.05, 0) is 25.0 Å². The maximum atomic E-state index is 13.0. The van der Waals surface area contributed by atoms with E-state index in [1.54, 1.807) is 6.07 Å². The molecule has 0 spiro atoms. The number of piperidine rings is 1. The van der Waals surface area contributed by atoms with Crippen molar-refractivity contribution < 1.29 is 38.2 Å². The molecular formula is C23H31N3O8. The number of hydrogen-bond acceptors (Lipinski definition) is 9. The first-order chi connectivity index (χ1) is 15.9. The van der Waals surface area contributed by atoms with Crippen molar-refractivity contribution in [2.45, 2.75) is 39.2 Å². The molecule has 1 saturated heterocycles. The van der Waals surface area contributed by atoms with E-state index >= 15 is 0 Å². The van der Waals surface area contributed by atoms with Gasteiger partial charge < -0.3 is 19.9 Å². The predicted octanol–water partition coefficient (Wildman–Crippen LogP) is 0.444. The van der Waals surface area contributed by atoms with E-state index in [4.69, 9.17) is 19.9 Å². The van der Waals surface area contributed by atoms with Gasteiger partial charge in [0.25, 0.3) is 11.8 Å². The summed E-state index contributed by atoms with van der Waals surface area (Å²) in [5, 5.41) is 2.15. The molecule has 4 amide bonds. The number of benzene rings is 1. The highest BCUT2D eigenvalue weighted by Gasteiger charge is 2.46. The average Bonchev–Trinajstić information content (AvgIpc) is 3.05. The second-order valence-corrected chi connectivity index (χ2v) is 7.57. The molecular weight excluding hydrogens is 446 g/mol. The third-order valence-corrected chi connectivity index (χ3v) is 5.20. The number of amides is 4. The molecule has 0 aliphatic carbocycles. The standard InChI is InChI=1S/C22H27N3O8.CH4/c23-8-10-32-12-11-31-9-2-3-14(26)13-33-17-5-1-4-15-19(17)22(30)25(21(15)29)16-6-7-18(27)24-20(16)28;/h1,4-5,16H,2-3,6-13,23H2,(H,24,27,28);1H4. The number of nitrogens with zero attached hydrogens (tertiary/aromatic N) is 1.